The second-order valence-electron chi connectivity index (χ2n) is 3.98. The number of nitrogens with one attached hydrogen (secondary N) is 1. The van der Waals surface area contributed by atoms with E-state index in [1.54, 1.807) is 6.26 Å². The van der Waals surface area contributed by atoms with Gasteiger partial charge in [-0.3, -0.25) is 4.90 Å². The van der Waals surface area contributed by atoms with Crippen molar-refractivity contribution in [2.45, 2.75) is 25.9 Å². The summed E-state index contributed by atoms with van der Waals surface area (Å²) in [5, 5.41) is 3.39. The zero-order valence-electron chi connectivity index (χ0n) is 8.86. The summed E-state index contributed by atoms with van der Waals surface area (Å²) in [7, 11) is 0. The molecule has 1 saturated heterocycles. The lowest BCUT2D eigenvalue weighted by molar-refractivity contribution is 0.112. The maximum Gasteiger partial charge on any atom is 0.120 e. The Balaban J connectivity index is 2.06. The normalized spacial score (nSPS) is 26.3. The Bertz CT molecular complexity index is 271. The minimum Gasteiger partial charge on any atom is -0.468 e. The highest BCUT2D eigenvalue weighted by molar-refractivity contribution is 5.04. The molecule has 3 nitrogen and oxygen atoms in total. The summed E-state index contributed by atoms with van der Waals surface area (Å²) in [4.78, 5) is 2.48. The zero-order chi connectivity index (χ0) is 9.97. The molecule has 1 aliphatic heterocycles. The van der Waals surface area contributed by atoms with Crippen molar-refractivity contribution in [1.82, 2.24) is 10.2 Å². The predicted octanol–water partition coefficient (Wildman–Crippen LogP) is 1.63. The van der Waals surface area contributed by atoms with Gasteiger partial charge < -0.3 is 9.73 Å². The van der Waals surface area contributed by atoms with Crippen LogP contribution >= 0.6 is 0 Å². The molecule has 0 saturated carbocycles. The van der Waals surface area contributed by atoms with Gasteiger partial charge in [-0.1, -0.05) is 0 Å². The third kappa shape index (κ3) is 1.83. The molecule has 2 rings (SSSR count). The number of piperazine rings is 1. The van der Waals surface area contributed by atoms with Crippen molar-refractivity contribution in [3.05, 3.63) is 24.2 Å². The number of hydrogen-bond acceptors (Lipinski definition) is 3. The molecule has 14 heavy (non-hydrogen) atoms. The maximum atomic E-state index is 5.43. The van der Waals surface area contributed by atoms with Crippen molar-refractivity contribution in [3.63, 3.8) is 0 Å². The van der Waals surface area contributed by atoms with E-state index in [9.17, 15) is 0 Å². The molecule has 0 unspecified atom stereocenters. The van der Waals surface area contributed by atoms with Crippen molar-refractivity contribution in [1.29, 1.82) is 0 Å². The van der Waals surface area contributed by atoms with Crippen LogP contribution in [0.2, 0.25) is 0 Å². The van der Waals surface area contributed by atoms with Gasteiger partial charge in [0.2, 0.25) is 0 Å². The molecule has 1 aromatic rings. The van der Waals surface area contributed by atoms with Crippen LogP contribution in [0.15, 0.2) is 22.8 Å². The summed E-state index contributed by atoms with van der Waals surface area (Å²) in [5.74, 6) is 1.07. The smallest absolute Gasteiger partial charge is 0.120 e. The van der Waals surface area contributed by atoms with Crippen LogP contribution in [-0.2, 0) is 0 Å². The van der Waals surface area contributed by atoms with Gasteiger partial charge in [0.25, 0.3) is 0 Å². The first-order valence-corrected chi connectivity index (χ1v) is 5.29. The van der Waals surface area contributed by atoms with Crippen molar-refractivity contribution in [2.75, 3.05) is 19.6 Å². The third-order valence-electron chi connectivity index (χ3n) is 3.01. The van der Waals surface area contributed by atoms with Crippen molar-refractivity contribution in [2.24, 2.45) is 0 Å². The van der Waals surface area contributed by atoms with Gasteiger partial charge in [0.1, 0.15) is 5.76 Å². The molecule has 1 aromatic heterocycles. The van der Waals surface area contributed by atoms with Gasteiger partial charge in [0.15, 0.2) is 0 Å². The molecule has 0 spiro atoms. The number of rotatable bonds is 2. The van der Waals surface area contributed by atoms with Gasteiger partial charge in [-0.25, -0.2) is 0 Å². The van der Waals surface area contributed by atoms with Gasteiger partial charge in [-0.05, 0) is 26.0 Å². The Morgan fingerprint density at radius 3 is 3.14 bits per heavy atom. The van der Waals surface area contributed by atoms with E-state index in [1.165, 1.54) is 0 Å². The number of nitrogens with zero attached hydrogens (tertiary/aromatic N) is 1. The van der Waals surface area contributed by atoms with Crippen LogP contribution < -0.4 is 5.32 Å². The Morgan fingerprint density at radius 2 is 2.50 bits per heavy atom. The lowest BCUT2D eigenvalue weighted by Gasteiger charge is -2.37. The van der Waals surface area contributed by atoms with E-state index in [4.69, 9.17) is 4.42 Å². The van der Waals surface area contributed by atoms with E-state index in [-0.39, 0.29) is 0 Å². The average Bonchev–Trinajstić information content (AvgIpc) is 2.70. The van der Waals surface area contributed by atoms with Crippen LogP contribution in [0.3, 0.4) is 0 Å². The van der Waals surface area contributed by atoms with Crippen molar-refractivity contribution >= 4 is 0 Å². The first kappa shape index (κ1) is 9.74. The van der Waals surface area contributed by atoms with E-state index < -0.39 is 0 Å². The standard InChI is InChI=1S/C11H18N2O/c1-9-8-12-5-6-13(9)10(2)11-4-3-7-14-11/h3-4,7,9-10,12H,5-6,8H2,1-2H3/t9-,10+/m0/s1. The van der Waals surface area contributed by atoms with Crippen molar-refractivity contribution in [3.8, 4) is 0 Å². The van der Waals surface area contributed by atoms with Crippen LogP contribution in [0.5, 0.6) is 0 Å². The molecule has 2 atom stereocenters. The Hall–Kier alpha value is -0.800. The summed E-state index contributed by atoms with van der Waals surface area (Å²) in [6.45, 7) is 7.72. The molecule has 0 aromatic carbocycles. The lowest BCUT2D eigenvalue weighted by Crippen LogP contribution is -2.50. The number of hydrogen-bond donors (Lipinski definition) is 1. The Kier molecular flexibility index (Phi) is 2.89. The second kappa shape index (κ2) is 4.15. The average molecular weight is 194 g/mol. The molecule has 0 aliphatic carbocycles. The van der Waals surface area contributed by atoms with Crippen LogP contribution in [0.1, 0.15) is 25.6 Å². The Morgan fingerprint density at radius 1 is 1.64 bits per heavy atom. The SMILES string of the molecule is C[C@H](c1ccco1)N1CCNC[C@@H]1C. The Labute approximate surface area is 85.1 Å². The van der Waals surface area contributed by atoms with E-state index in [1.807, 2.05) is 6.07 Å². The summed E-state index contributed by atoms with van der Waals surface area (Å²) >= 11 is 0. The fourth-order valence-corrected chi connectivity index (χ4v) is 2.12. The van der Waals surface area contributed by atoms with Gasteiger partial charge in [0, 0.05) is 25.7 Å². The van der Waals surface area contributed by atoms with Crippen LogP contribution in [-0.4, -0.2) is 30.6 Å². The van der Waals surface area contributed by atoms with Crippen LogP contribution in [0, 0.1) is 0 Å². The van der Waals surface area contributed by atoms with Crippen LogP contribution in [0.4, 0.5) is 0 Å². The van der Waals surface area contributed by atoms with E-state index in [0.29, 0.717) is 12.1 Å². The van der Waals surface area contributed by atoms with Crippen molar-refractivity contribution < 1.29 is 4.42 Å². The summed E-state index contributed by atoms with van der Waals surface area (Å²) in [6, 6.07) is 4.99. The number of furan rings is 1. The van der Waals surface area contributed by atoms with Gasteiger partial charge in [-0.2, -0.15) is 0 Å². The monoisotopic (exact) mass is 194 g/mol. The molecule has 0 amide bonds. The minimum atomic E-state index is 0.391. The van der Waals surface area contributed by atoms with Gasteiger partial charge >= 0.3 is 0 Å². The fraction of sp³-hybridized carbons (Fsp3) is 0.636. The molecule has 0 radical (unpaired) electrons. The molecule has 1 aliphatic rings. The highest BCUT2D eigenvalue weighted by Gasteiger charge is 2.25. The first-order chi connectivity index (χ1) is 6.79. The molecular formula is C11H18N2O. The molecule has 78 valence electrons. The molecule has 2 heterocycles. The second-order valence-corrected chi connectivity index (χ2v) is 3.98. The zero-order valence-corrected chi connectivity index (χ0v) is 8.86. The first-order valence-electron chi connectivity index (χ1n) is 5.29. The maximum absolute atomic E-state index is 5.43. The van der Waals surface area contributed by atoms with Crippen LogP contribution in [0.25, 0.3) is 0 Å². The third-order valence-corrected chi connectivity index (χ3v) is 3.01. The van der Waals surface area contributed by atoms with Gasteiger partial charge in [-0.15, -0.1) is 0 Å². The van der Waals surface area contributed by atoms with E-state index in [0.717, 1.165) is 25.4 Å². The molecule has 0 bridgehead atoms. The fourth-order valence-electron chi connectivity index (χ4n) is 2.12. The largest absolute Gasteiger partial charge is 0.468 e. The molecule has 1 N–H and O–H groups in total. The lowest BCUT2D eigenvalue weighted by atomic mass is 10.1. The summed E-state index contributed by atoms with van der Waals surface area (Å²) < 4.78 is 5.43. The highest BCUT2D eigenvalue weighted by atomic mass is 16.3. The molecule has 3 heteroatoms. The minimum absolute atomic E-state index is 0.391. The molecular weight excluding hydrogens is 176 g/mol. The molecule has 1 fully saturated rings. The van der Waals surface area contributed by atoms with Gasteiger partial charge in [0.05, 0.1) is 12.3 Å². The quantitative estimate of drug-likeness (QED) is 0.775. The summed E-state index contributed by atoms with van der Waals surface area (Å²) in [6.07, 6.45) is 1.75. The topological polar surface area (TPSA) is 28.4 Å². The van der Waals surface area contributed by atoms with E-state index in [2.05, 4.69) is 30.1 Å². The summed E-state index contributed by atoms with van der Waals surface area (Å²) in [5.41, 5.74) is 0. The predicted molar refractivity (Wildman–Crippen MR) is 56.2 cm³/mol. The highest BCUT2D eigenvalue weighted by Crippen LogP contribution is 2.23. The van der Waals surface area contributed by atoms with E-state index >= 15 is 0 Å².